The lowest BCUT2D eigenvalue weighted by Crippen LogP contribution is -2.28. The molecule has 0 unspecified atom stereocenters. The fourth-order valence-electron chi connectivity index (χ4n) is 3.73. The van der Waals surface area contributed by atoms with Crippen LogP contribution in [0.2, 0.25) is 0 Å². The molecule has 0 spiro atoms. The van der Waals surface area contributed by atoms with Gasteiger partial charge in [-0.05, 0) is 51.5 Å². The molecule has 0 aliphatic rings. The van der Waals surface area contributed by atoms with E-state index in [0.29, 0.717) is 33.7 Å². The summed E-state index contributed by atoms with van der Waals surface area (Å²) in [5, 5.41) is 8.91. The van der Waals surface area contributed by atoms with Crippen molar-refractivity contribution in [3.63, 3.8) is 0 Å². The second-order valence-corrected chi connectivity index (χ2v) is 9.05. The van der Waals surface area contributed by atoms with Crippen molar-refractivity contribution >= 4 is 39.7 Å². The van der Waals surface area contributed by atoms with Crippen molar-refractivity contribution in [3.8, 4) is 5.75 Å². The Morgan fingerprint density at radius 2 is 1.83 bits per heavy atom. The van der Waals surface area contributed by atoms with Gasteiger partial charge in [0.2, 0.25) is 0 Å². The van der Waals surface area contributed by atoms with Crippen LogP contribution in [0.1, 0.15) is 32.0 Å². The molecule has 0 bridgehead atoms. The second kappa shape index (κ2) is 9.61. The largest absolute Gasteiger partial charge is 0.497 e. The van der Waals surface area contributed by atoms with Crippen molar-refractivity contribution in [2.75, 3.05) is 19.0 Å². The highest BCUT2D eigenvalue weighted by molar-refractivity contribution is 6.09. The molecule has 0 fully saturated rings. The van der Waals surface area contributed by atoms with E-state index in [-0.39, 0.29) is 13.2 Å². The van der Waals surface area contributed by atoms with Gasteiger partial charge in [0.1, 0.15) is 24.5 Å². The minimum atomic E-state index is -0.648. The fraction of sp³-hybridized carbons (Fsp3) is 0.308. The molecule has 4 rings (SSSR count). The lowest BCUT2D eigenvalue weighted by atomic mass is 10.1. The Hall–Kier alpha value is -4.14. The Balaban J connectivity index is 1.75. The monoisotopic (exact) mass is 476 g/mol. The van der Waals surface area contributed by atoms with Crippen LogP contribution in [0.25, 0.3) is 21.9 Å². The van der Waals surface area contributed by atoms with E-state index in [1.165, 1.54) is 0 Å². The zero-order valence-electron chi connectivity index (χ0n) is 20.4. The number of anilines is 1. The van der Waals surface area contributed by atoms with E-state index in [1.54, 1.807) is 26.2 Å². The first-order chi connectivity index (χ1) is 16.7. The van der Waals surface area contributed by atoms with E-state index in [1.807, 2.05) is 57.2 Å². The first-order valence-electron chi connectivity index (χ1n) is 11.2. The van der Waals surface area contributed by atoms with E-state index in [9.17, 15) is 9.59 Å². The van der Waals surface area contributed by atoms with E-state index >= 15 is 0 Å². The molecule has 0 aliphatic heterocycles. The normalized spacial score (nSPS) is 11.5. The van der Waals surface area contributed by atoms with Gasteiger partial charge in [0, 0.05) is 5.39 Å². The summed E-state index contributed by atoms with van der Waals surface area (Å²) in [4.78, 5) is 30.1. The molecule has 0 amide bonds. The molecule has 4 aromatic rings. The summed E-state index contributed by atoms with van der Waals surface area (Å²) >= 11 is 0. The fourth-order valence-corrected chi connectivity index (χ4v) is 3.73. The first-order valence-corrected chi connectivity index (χ1v) is 11.2. The van der Waals surface area contributed by atoms with Crippen LogP contribution >= 0.6 is 0 Å². The minimum Gasteiger partial charge on any atom is -0.497 e. The van der Waals surface area contributed by atoms with Gasteiger partial charge in [-0.3, -0.25) is 4.79 Å². The quantitative estimate of drug-likeness (QED) is 0.394. The van der Waals surface area contributed by atoms with Crippen LogP contribution in [0.4, 0.5) is 10.5 Å². The van der Waals surface area contributed by atoms with Crippen molar-refractivity contribution in [2.24, 2.45) is 0 Å². The number of hydrogen-bond acceptors (Lipinski definition) is 8. The van der Waals surface area contributed by atoms with Crippen LogP contribution in [-0.2, 0) is 20.9 Å². The van der Waals surface area contributed by atoms with E-state index in [4.69, 9.17) is 14.2 Å². The summed E-state index contributed by atoms with van der Waals surface area (Å²) in [7, 11) is 1.58. The molecule has 182 valence electrons. The molecule has 9 nitrogen and oxygen atoms in total. The average Bonchev–Trinajstić information content (AvgIpc) is 3.15. The maximum absolute atomic E-state index is 12.9. The summed E-state index contributed by atoms with van der Waals surface area (Å²) in [6.45, 7) is 7.23. The van der Waals surface area contributed by atoms with Gasteiger partial charge in [0.15, 0.2) is 5.65 Å². The molecule has 9 heteroatoms. The summed E-state index contributed by atoms with van der Waals surface area (Å²) in [5.74, 6) is 0.220. The van der Waals surface area contributed by atoms with Gasteiger partial charge < -0.3 is 19.5 Å². The van der Waals surface area contributed by atoms with Crippen molar-refractivity contribution in [1.29, 1.82) is 0 Å². The van der Waals surface area contributed by atoms with Crippen molar-refractivity contribution in [2.45, 2.75) is 39.9 Å². The van der Waals surface area contributed by atoms with Crippen LogP contribution < -0.4 is 10.1 Å². The highest BCUT2D eigenvalue weighted by Crippen LogP contribution is 2.35. The molecule has 35 heavy (non-hydrogen) atoms. The topological polar surface area (TPSA) is 105 Å². The number of aryl methyl sites for hydroxylation is 1. The minimum absolute atomic E-state index is 0.0776. The van der Waals surface area contributed by atoms with Crippen molar-refractivity contribution in [1.82, 2.24) is 14.8 Å². The number of benzene rings is 2. The molecular weight excluding hydrogens is 448 g/mol. The molecule has 0 atom stereocenters. The average molecular weight is 477 g/mol. The Morgan fingerprint density at radius 3 is 2.51 bits per heavy atom. The maximum atomic E-state index is 12.9. The van der Waals surface area contributed by atoms with E-state index in [2.05, 4.69) is 15.4 Å². The third-order valence-electron chi connectivity index (χ3n) is 5.19. The predicted octanol–water partition coefficient (Wildman–Crippen LogP) is 4.84. The van der Waals surface area contributed by atoms with Gasteiger partial charge in [-0.25, -0.2) is 9.78 Å². The van der Waals surface area contributed by atoms with Gasteiger partial charge in [-0.15, -0.1) is 4.68 Å². The SMILES string of the molecule is COc1ccc2nc3c(c(C)nn3C(=O)OCc3ccccc3)c(NCC(=O)OC(C)(C)C)c2c1. The molecule has 0 aliphatic carbocycles. The van der Waals surface area contributed by atoms with E-state index < -0.39 is 17.7 Å². The van der Waals surface area contributed by atoms with Gasteiger partial charge in [-0.1, -0.05) is 30.3 Å². The number of ether oxygens (including phenoxy) is 3. The van der Waals surface area contributed by atoms with Crippen molar-refractivity contribution in [3.05, 3.63) is 59.8 Å². The number of carbonyl (C=O) groups is 2. The smallest absolute Gasteiger partial charge is 0.437 e. The molecular formula is C26H28N4O5. The lowest BCUT2D eigenvalue weighted by molar-refractivity contribution is -0.152. The number of methoxy groups -OCH3 is 1. The molecule has 2 aromatic heterocycles. The number of nitrogens with one attached hydrogen (secondary N) is 1. The number of nitrogens with zero attached hydrogens (tertiary/aromatic N) is 3. The molecule has 1 N–H and O–H groups in total. The lowest BCUT2D eigenvalue weighted by Gasteiger charge is -2.20. The Bertz CT molecular complexity index is 1390. The van der Waals surface area contributed by atoms with Crippen LogP contribution in [0.3, 0.4) is 0 Å². The van der Waals surface area contributed by atoms with Crippen LogP contribution in [0, 0.1) is 6.92 Å². The Kier molecular flexibility index (Phi) is 6.59. The number of hydrogen-bond donors (Lipinski definition) is 1. The van der Waals surface area contributed by atoms with Crippen LogP contribution in [0.15, 0.2) is 48.5 Å². The first kappa shape index (κ1) is 24.0. The number of aromatic nitrogens is 3. The summed E-state index contributed by atoms with van der Waals surface area (Å²) < 4.78 is 17.5. The van der Waals surface area contributed by atoms with Crippen molar-refractivity contribution < 1.29 is 23.8 Å². The highest BCUT2D eigenvalue weighted by Gasteiger charge is 2.23. The molecule has 0 saturated heterocycles. The van der Waals surface area contributed by atoms with E-state index in [0.717, 1.165) is 15.6 Å². The molecule has 2 aromatic carbocycles. The number of fused-ring (bicyclic) bond motifs is 2. The third-order valence-corrected chi connectivity index (χ3v) is 5.19. The molecule has 2 heterocycles. The standard InChI is InChI=1S/C26H28N4O5/c1-16-22-23(27-14-21(31)35-26(2,3)4)19-13-18(33-5)11-12-20(19)28-24(22)30(29-16)25(32)34-15-17-9-7-6-8-10-17/h6-13H,14-15H2,1-5H3,(H,27,28). The second-order valence-electron chi connectivity index (χ2n) is 9.05. The molecule has 0 radical (unpaired) electrons. The predicted molar refractivity (Wildman–Crippen MR) is 133 cm³/mol. The number of carbonyl (C=O) groups excluding carboxylic acids is 2. The summed E-state index contributed by atoms with van der Waals surface area (Å²) in [6.07, 6.45) is -0.648. The van der Waals surface area contributed by atoms with Crippen LogP contribution in [0.5, 0.6) is 5.75 Å². The van der Waals surface area contributed by atoms with Gasteiger partial charge in [0.25, 0.3) is 0 Å². The van der Waals surface area contributed by atoms with Gasteiger partial charge in [0.05, 0.1) is 29.4 Å². The highest BCUT2D eigenvalue weighted by atomic mass is 16.6. The summed E-state index contributed by atoms with van der Waals surface area (Å²) in [5.41, 5.74) is 2.34. The Morgan fingerprint density at radius 1 is 1.09 bits per heavy atom. The number of rotatable bonds is 6. The number of esters is 1. The summed E-state index contributed by atoms with van der Waals surface area (Å²) in [6, 6.07) is 14.8. The zero-order valence-corrected chi connectivity index (χ0v) is 20.4. The Labute approximate surface area is 203 Å². The van der Waals surface area contributed by atoms with Gasteiger partial charge >= 0.3 is 12.1 Å². The molecule has 0 saturated carbocycles. The van der Waals surface area contributed by atoms with Crippen LogP contribution in [-0.4, -0.2) is 46.1 Å². The maximum Gasteiger partial charge on any atom is 0.437 e. The zero-order chi connectivity index (χ0) is 25.2. The number of pyridine rings is 1. The van der Waals surface area contributed by atoms with Gasteiger partial charge in [-0.2, -0.15) is 5.10 Å². The third kappa shape index (κ3) is 5.34.